The van der Waals surface area contributed by atoms with Crippen LogP contribution in [0.4, 0.5) is 0 Å². The fourth-order valence-electron chi connectivity index (χ4n) is 8.38. The molecule has 0 saturated carbocycles. The summed E-state index contributed by atoms with van der Waals surface area (Å²) < 4.78 is 0. The van der Waals surface area contributed by atoms with E-state index in [-0.39, 0.29) is 0 Å². The van der Waals surface area contributed by atoms with E-state index in [1.165, 1.54) is 44.5 Å². The molecule has 8 bridgehead atoms. The van der Waals surface area contributed by atoms with E-state index >= 15 is 0 Å². The molecule has 5 aromatic rings. The first kappa shape index (κ1) is 35.3. The van der Waals surface area contributed by atoms with Crippen molar-refractivity contribution in [2.75, 3.05) is 0 Å². The lowest BCUT2D eigenvalue weighted by Gasteiger charge is -2.08. The van der Waals surface area contributed by atoms with Gasteiger partial charge in [0.05, 0.1) is 33.8 Å². The zero-order chi connectivity index (χ0) is 36.5. The van der Waals surface area contributed by atoms with Gasteiger partial charge in [0, 0.05) is 46.9 Å². The first-order valence-electron chi connectivity index (χ1n) is 19.3. The van der Waals surface area contributed by atoms with Crippen LogP contribution < -0.4 is 0 Å². The van der Waals surface area contributed by atoms with Gasteiger partial charge in [-0.2, -0.15) is 0 Å². The van der Waals surface area contributed by atoms with Crippen molar-refractivity contribution in [3.63, 3.8) is 0 Å². The number of aryl methyl sites for hydroxylation is 4. The van der Waals surface area contributed by atoms with Gasteiger partial charge in [-0.25, -0.2) is 9.97 Å². The highest BCUT2D eigenvalue weighted by Crippen LogP contribution is 2.44. The van der Waals surface area contributed by atoms with Gasteiger partial charge in [0.15, 0.2) is 0 Å². The van der Waals surface area contributed by atoms with Crippen LogP contribution in [0.25, 0.3) is 66.6 Å². The minimum atomic E-state index is 0.960. The predicted molar refractivity (Wildman–Crippen MR) is 220 cm³/mol. The van der Waals surface area contributed by atoms with Crippen LogP contribution >= 0.6 is 0 Å². The molecule has 5 aromatic heterocycles. The van der Waals surface area contributed by atoms with Crippen LogP contribution in [0.2, 0.25) is 0 Å². The molecule has 6 nitrogen and oxygen atoms in total. The first-order valence-corrected chi connectivity index (χ1v) is 19.3. The third-order valence-corrected chi connectivity index (χ3v) is 11.0. The molecule has 0 amide bonds. The molecule has 2 aliphatic rings. The van der Waals surface area contributed by atoms with E-state index in [0.29, 0.717) is 0 Å². The van der Waals surface area contributed by atoms with Crippen LogP contribution in [0.1, 0.15) is 125 Å². The van der Waals surface area contributed by atoms with E-state index in [0.717, 1.165) is 118 Å². The van der Waals surface area contributed by atoms with E-state index in [1.807, 2.05) is 24.8 Å². The predicted octanol–water partition coefficient (Wildman–Crippen LogP) is 12.4. The van der Waals surface area contributed by atoms with E-state index in [2.05, 4.69) is 112 Å². The minimum absolute atomic E-state index is 0.960. The van der Waals surface area contributed by atoms with Crippen molar-refractivity contribution in [1.82, 2.24) is 29.9 Å². The van der Waals surface area contributed by atoms with Gasteiger partial charge in [0.2, 0.25) is 0 Å². The van der Waals surface area contributed by atoms with Crippen molar-refractivity contribution >= 4 is 44.4 Å². The third-order valence-electron chi connectivity index (χ3n) is 11.0. The molecule has 7 heterocycles. The van der Waals surface area contributed by atoms with Crippen LogP contribution in [-0.4, -0.2) is 29.9 Å². The second-order valence-electron chi connectivity index (χ2n) is 14.4. The van der Waals surface area contributed by atoms with Crippen LogP contribution in [0, 0.1) is 13.8 Å². The molecular weight excluding hydrogens is 637 g/mol. The van der Waals surface area contributed by atoms with Crippen LogP contribution in [0.15, 0.2) is 61.2 Å². The maximum absolute atomic E-state index is 5.58. The lowest BCUT2D eigenvalue weighted by molar-refractivity contribution is 0.924. The highest BCUT2D eigenvalue weighted by Gasteiger charge is 2.26. The lowest BCUT2D eigenvalue weighted by atomic mass is 9.95. The van der Waals surface area contributed by atoms with Crippen molar-refractivity contribution in [3.8, 4) is 22.3 Å². The number of nitrogens with zero attached hydrogens (tertiary/aromatic N) is 4. The summed E-state index contributed by atoms with van der Waals surface area (Å²) >= 11 is 0. The largest absolute Gasteiger partial charge is 0.354 e. The molecule has 7 rings (SSSR count). The highest BCUT2D eigenvalue weighted by atomic mass is 14.8. The summed E-state index contributed by atoms with van der Waals surface area (Å²) in [6, 6.07) is 13.1. The van der Waals surface area contributed by atoms with Gasteiger partial charge >= 0.3 is 0 Å². The molecule has 0 aliphatic carbocycles. The molecule has 2 N–H and O–H groups in total. The molecule has 0 aromatic carbocycles. The quantitative estimate of drug-likeness (QED) is 0.153. The Bertz CT molecular complexity index is 2200. The minimum Gasteiger partial charge on any atom is -0.354 e. The molecule has 2 aliphatic heterocycles. The van der Waals surface area contributed by atoms with Gasteiger partial charge in [-0.1, -0.05) is 53.4 Å². The van der Waals surface area contributed by atoms with Gasteiger partial charge in [-0.3, -0.25) is 9.97 Å². The van der Waals surface area contributed by atoms with Gasteiger partial charge in [0.1, 0.15) is 0 Å². The zero-order valence-corrected chi connectivity index (χ0v) is 32.2. The molecular formula is C46H52N6. The fourth-order valence-corrected chi connectivity index (χ4v) is 8.38. The van der Waals surface area contributed by atoms with Gasteiger partial charge in [0.25, 0.3) is 0 Å². The monoisotopic (exact) mass is 688 g/mol. The summed E-state index contributed by atoms with van der Waals surface area (Å²) in [5.41, 5.74) is 23.5. The number of hydrogen-bond donors (Lipinski definition) is 2. The summed E-state index contributed by atoms with van der Waals surface area (Å²) in [7, 11) is 0. The molecule has 0 spiro atoms. The van der Waals surface area contributed by atoms with E-state index < -0.39 is 0 Å². The van der Waals surface area contributed by atoms with Crippen molar-refractivity contribution in [2.24, 2.45) is 0 Å². The zero-order valence-electron chi connectivity index (χ0n) is 32.2. The summed E-state index contributed by atoms with van der Waals surface area (Å²) in [6.07, 6.45) is 15.6. The maximum atomic E-state index is 5.58. The van der Waals surface area contributed by atoms with Gasteiger partial charge in [-0.05, 0) is 145 Å². The second-order valence-corrected chi connectivity index (χ2v) is 14.4. The SMILES string of the molecule is CCCC1=C(C)c2nc1cc1[nH]c(c(C)c1CCC)c(-c1ccncc1)c1nc(cc3[nH]c(c(C)c3CCC)c2-c2ccncc2)C(CCC)=C1C. The van der Waals surface area contributed by atoms with E-state index in [4.69, 9.17) is 9.97 Å². The van der Waals surface area contributed by atoms with E-state index in [9.17, 15) is 0 Å². The molecule has 0 saturated heterocycles. The number of allylic oxidation sites excluding steroid dienone is 4. The average molecular weight is 689 g/mol. The number of pyridine rings is 2. The number of nitrogens with one attached hydrogen (secondary N) is 2. The lowest BCUT2D eigenvalue weighted by Crippen LogP contribution is -1.90. The van der Waals surface area contributed by atoms with Crippen LogP contribution in [0.5, 0.6) is 0 Å². The average Bonchev–Trinajstić information content (AvgIpc) is 3.82. The van der Waals surface area contributed by atoms with Crippen molar-refractivity contribution in [1.29, 1.82) is 0 Å². The maximum Gasteiger partial charge on any atom is 0.0769 e. The molecule has 0 radical (unpaired) electrons. The summed E-state index contributed by atoms with van der Waals surface area (Å²) in [5, 5.41) is 0. The fraction of sp³-hybridized carbons (Fsp3) is 0.348. The number of aromatic nitrogens is 6. The normalized spacial score (nSPS) is 13.1. The second kappa shape index (κ2) is 14.9. The smallest absolute Gasteiger partial charge is 0.0769 e. The Labute approximate surface area is 308 Å². The topological polar surface area (TPSA) is 83.1 Å². The highest BCUT2D eigenvalue weighted by molar-refractivity contribution is 6.03. The van der Waals surface area contributed by atoms with E-state index in [1.54, 1.807) is 0 Å². The Balaban J connectivity index is 1.77. The Morgan fingerprint density at radius 2 is 0.865 bits per heavy atom. The Kier molecular flexibility index (Phi) is 10.1. The van der Waals surface area contributed by atoms with Crippen molar-refractivity contribution in [3.05, 3.63) is 106 Å². The summed E-state index contributed by atoms with van der Waals surface area (Å²) in [6.45, 7) is 18.1. The Morgan fingerprint density at radius 3 is 1.21 bits per heavy atom. The molecule has 0 atom stereocenters. The Morgan fingerprint density at radius 1 is 0.500 bits per heavy atom. The summed E-state index contributed by atoms with van der Waals surface area (Å²) in [5.74, 6) is 0. The number of H-pyrrole nitrogens is 2. The standard InChI is InChI=1S/C46H52N6/c1-9-13-33-27(5)43-41(31-17-21-47-22-18-31)44-29(7)35(15-11-3)39(51-44)26-40-36(16-12-4)30(8)46(52-40)42(32-19-23-48-24-20-32)45-28(6)34(14-10-2)38(50-45)25-37(33)49-43/h17-26,49,52H,9-16H2,1-8H3. The number of fused-ring (bicyclic) bond motifs is 8. The molecule has 0 unspecified atom stereocenters. The molecule has 52 heavy (non-hydrogen) atoms. The third kappa shape index (κ3) is 6.12. The molecule has 0 fully saturated rings. The molecule has 6 heteroatoms. The number of rotatable bonds is 10. The van der Waals surface area contributed by atoms with Crippen LogP contribution in [-0.2, 0) is 12.8 Å². The summed E-state index contributed by atoms with van der Waals surface area (Å²) in [4.78, 5) is 27.9. The number of aromatic amines is 2. The van der Waals surface area contributed by atoms with Gasteiger partial charge < -0.3 is 9.97 Å². The van der Waals surface area contributed by atoms with Crippen LogP contribution in [0.3, 0.4) is 0 Å². The number of hydrogen-bond acceptors (Lipinski definition) is 4. The first-order chi connectivity index (χ1) is 25.3. The van der Waals surface area contributed by atoms with Gasteiger partial charge in [-0.15, -0.1) is 0 Å². The van der Waals surface area contributed by atoms with Crippen molar-refractivity contribution < 1.29 is 0 Å². The molecule has 266 valence electrons. The Hall–Kier alpha value is -5.10. The van der Waals surface area contributed by atoms with Crippen molar-refractivity contribution in [2.45, 2.75) is 107 Å².